The van der Waals surface area contributed by atoms with Crippen molar-refractivity contribution in [3.05, 3.63) is 0 Å². The molecule has 1 aliphatic rings. The van der Waals surface area contributed by atoms with E-state index in [9.17, 15) is 4.79 Å². The quantitative estimate of drug-likeness (QED) is 0.670. The molecule has 0 saturated carbocycles. The van der Waals surface area contributed by atoms with Crippen LogP contribution in [0, 0.1) is 0 Å². The molecule has 0 N–H and O–H groups in total. The number of carbonyl (C=O) groups excluding carboxylic acids is 1. The van der Waals surface area contributed by atoms with Crippen molar-refractivity contribution in [3.63, 3.8) is 0 Å². The van der Waals surface area contributed by atoms with E-state index in [0.717, 1.165) is 13.1 Å². The predicted octanol–water partition coefficient (Wildman–Crippen LogP) is 0.470. The molecule has 1 fully saturated rings. The maximum atomic E-state index is 11.1. The normalized spacial score (nSPS) is 17.7. The van der Waals surface area contributed by atoms with Crippen LogP contribution in [0.1, 0.15) is 12.8 Å². The molecule has 0 radical (unpaired) electrons. The van der Waals surface area contributed by atoms with Crippen LogP contribution in [-0.2, 0) is 4.79 Å². The lowest BCUT2D eigenvalue weighted by molar-refractivity contribution is -0.127. The van der Waals surface area contributed by atoms with Gasteiger partial charge in [0.25, 0.3) is 0 Å². The Morgan fingerprint density at radius 3 is 2.62 bits per heavy atom. The molecule has 0 aromatic heterocycles. The van der Waals surface area contributed by atoms with Gasteiger partial charge < -0.3 is 9.80 Å². The van der Waals surface area contributed by atoms with Gasteiger partial charge in [-0.15, -0.1) is 0 Å². The van der Waals surface area contributed by atoms with Crippen LogP contribution in [-0.4, -0.2) is 54.7 Å². The lowest BCUT2D eigenvalue weighted by atomic mass is 10.4. The third-order valence-corrected chi connectivity index (χ3v) is 2.78. The molecule has 0 spiro atoms. The van der Waals surface area contributed by atoms with Crippen molar-refractivity contribution in [2.75, 3.05) is 39.0 Å². The summed E-state index contributed by atoms with van der Waals surface area (Å²) >= 11 is 3.95. The van der Waals surface area contributed by atoms with Crippen molar-refractivity contribution in [3.8, 4) is 0 Å². The molecule has 4 heteroatoms. The van der Waals surface area contributed by atoms with Crippen LogP contribution in [0.25, 0.3) is 0 Å². The van der Waals surface area contributed by atoms with E-state index in [1.165, 1.54) is 25.9 Å². The first-order valence-electron chi connectivity index (χ1n) is 4.81. The zero-order valence-corrected chi connectivity index (χ0v) is 9.09. The Morgan fingerprint density at radius 1 is 1.46 bits per heavy atom. The van der Waals surface area contributed by atoms with Gasteiger partial charge in [-0.25, -0.2) is 0 Å². The van der Waals surface area contributed by atoms with Gasteiger partial charge in [-0.2, -0.15) is 12.6 Å². The van der Waals surface area contributed by atoms with Gasteiger partial charge in [0.1, 0.15) is 0 Å². The van der Waals surface area contributed by atoms with Gasteiger partial charge in [0.15, 0.2) is 0 Å². The minimum absolute atomic E-state index is 0.113. The summed E-state index contributed by atoms with van der Waals surface area (Å²) in [7, 11) is 1.84. The Hall–Kier alpha value is -0.220. The van der Waals surface area contributed by atoms with Crippen molar-refractivity contribution in [2.24, 2.45) is 0 Å². The smallest absolute Gasteiger partial charge is 0.232 e. The molecule has 0 aromatic rings. The van der Waals surface area contributed by atoms with Crippen LogP contribution in [0.4, 0.5) is 0 Å². The SMILES string of the molecule is CN(CCN1CCCC1)C(=O)CS. The third-order valence-electron chi connectivity index (χ3n) is 2.51. The molecule has 0 bridgehead atoms. The Balaban J connectivity index is 2.13. The van der Waals surface area contributed by atoms with E-state index in [1.807, 2.05) is 7.05 Å². The lowest BCUT2D eigenvalue weighted by Crippen LogP contribution is -2.35. The summed E-state index contributed by atoms with van der Waals surface area (Å²) in [6.07, 6.45) is 2.62. The Labute approximate surface area is 85.5 Å². The van der Waals surface area contributed by atoms with Crippen molar-refractivity contribution in [1.82, 2.24) is 9.80 Å². The standard InChI is InChI=1S/C9H18N2OS/c1-10(9(12)8-13)6-7-11-4-2-3-5-11/h13H,2-8H2,1H3. The molecule has 3 nitrogen and oxygen atoms in total. The summed E-state index contributed by atoms with van der Waals surface area (Å²) in [4.78, 5) is 15.3. The number of amides is 1. The van der Waals surface area contributed by atoms with Crippen LogP contribution in [0.5, 0.6) is 0 Å². The van der Waals surface area contributed by atoms with Crippen LogP contribution >= 0.6 is 12.6 Å². The van der Waals surface area contributed by atoms with Crippen molar-refractivity contribution in [2.45, 2.75) is 12.8 Å². The fourth-order valence-corrected chi connectivity index (χ4v) is 1.78. The molecular weight excluding hydrogens is 184 g/mol. The van der Waals surface area contributed by atoms with E-state index in [-0.39, 0.29) is 5.91 Å². The number of rotatable bonds is 4. The van der Waals surface area contributed by atoms with Gasteiger partial charge in [0.2, 0.25) is 5.91 Å². The summed E-state index contributed by atoms with van der Waals surface area (Å²) in [5, 5.41) is 0. The van der Waals surface area contributed by atoms with Crippen molar-refractivity contribution < 1.29 is 4.79 Å². The van der Waals surface area contributed by atoms with E-state index in [4.69, 9.17) is 0 Å². The first-order chi connectivity index (χ1) is 6.24. The molecule has 1 heterocycles. The number of hydrogen-bond donors (Lipinski definition) is 1. The number of hydrogen-bond acceptors (Lipinski definition) is 3. The van der Waals surface area contributed by atoms with Crippen molar-refractivity contribution in [1.29, 1.82) is 0 Å². The van der Waals surface area contributed by atoms with Crippen LogP contribution in [0.15, 0.2) is 0 Å². The lowest BCUT2D eigenvalue weighted by Gasteiger charge is -2.20. The highest BCUT2D eigenvalue weighted by atomic mass is 32.1. The second kappa shape index (κ2) is 5.50. The first kappa shape index (κ1) is 10.9. The fraction of sp³-hybridized carbons (Fsp3) is 0.889. The number of likely N-dealkylation sites (tertiary alicyclic amines) is 1. The van der Waals surface area contributed by atoms with E-state index in [0.29, 0.717) is 5.75 Å². The first-order valence-corrected chi connectivity index (χ1v) is 5.44. The van der Waals surface area contributed by atoms with Crippen LogP contribution < -0.4 is 0 Å². The van der Waals surface area contributed by atoms with Gasteiger partial charge in [-0.05, 0) is 25.9 Å². The van der Waals surface area contributed by atoms with E-state index in [1.54, 1.807) is 4.90 Å². The Bertz CT molecular complexity index is 169. The maximum absolute atomic E-state index is 11.1. The van der Waals surface area contributed by atoms with E-state index < -0.39 is 0 Å². The average molecular weight is 202 g/mol. The molecule has 13 heavy (non-hydrogen) atoms. The second-order valence-corrected chi connectivity index (χ2v) is 3.84. The fourth-order valence-electron chi connectivity index (χ4n) is 1.54. The number of thiol groups is 1. The second-order valence-electron chi connectivity index (χ2n) is 3.52. The number of nitrogens with zero attached hydrogens (tertiary/aromatic N) is 2. The maximum Gasteiger partial charge on any atom is 0.232 e. The minimum Gasteiger partial charge on any atom is -0.344 e. The van der Waals surface area contributed by atoms with Crippen LogP contribution in [0.2, 0.25) is 0 Å². The summed E-state index contributed by atoms with van der Waals surface area (Å²) < 4.78 is 0. The monoisotopic (exact) mass is 202 g/mol. The average Bonchev–Trinajstić information content (AvgIpc) is 2.65. The Kier molecular flexibility index (Phi) is 4.59. The summed E-state index contributed by atoms with van der Waals surface area (Å²) in [6.45, 7) is 4.24. The third kappa shape index (κ3) is 3.56. The minimum atomic E-state index is 0.113. The zero-order valence-electron chi connectivity index (χ0n) is 8.20. The summed E-state index contributed by atoms with van der Waals surface area (Å²) in [6, 6.07) is 0. The highest BCUT2D eigenvalue weighted by Crippen LogP contribution is 2.06. The summed E-state index contributed by atoms with van der Waals surface area (Å²) in [5.41, 5.74) is 0. The molecule has 1 rings (SSSR count). The van der Waals surface area contributed by atoms with Crippen LogP contribution in [0.3, 0.4) is 0 Å². The largest absolute Gasteiger partial charge is 0.344 e. The molecule has 0 aliphatic carbocycles. The number of likely N-dealkylation sites (N-methyl/N-ethyl adjacent to an activating group) is 1. The highest BCUT2D eigenvalue weighted by Gasteiger charge is 2.13. The van der Waals surface area contributed by atoms with Gasteiger partial charge in [0.05, 0.1) is 5.75 Å². The van der Waals surface area contributed by atoms with Gasteiger partial charge >= 0.3 is 0 Å². The predicted molar refractivity (Wildman–Crippen MR) is 57.2 cm³/mol. The molecule has 1 aliphatic heterocycles. The molecule has 1 amide bonds. The Morgan fingerprint density at radius 2 is 2.08 bits per heavy atom. The topological polar surface area (TPSA) is 23.6 Å². The zero-order chi connectivity index (χ0) is 9.68. The molecule has 76 valence electrons. The number of carbonyl (C=O) groups is 1. The van der Waals surface area contributed by atoms with Crippen molar-refractivity contribution >= 4 is 18.5 Å². The van der Waals surface area contributed by atoms with Gasteiger partial charge in [-0.1, -0.05) is 0 Å². The molecule has 1 saturated heterocycles. The summed E-state index contributed by atoms with van der Waals surface area (Å²) in [5.74, 6) is 0.429. The van der Waals surface area contributed by atoms with E-state index >= 15 is 0 Å². The highest BCUT2D eigenvalue weighted by molar-refractivity contribution is 7.81. The van der Waals surface area contributed by atoms with Gasteiger partial charge in [0, 0.05) is 20.1 Å². The molecule has 0 unspecified atom stereocenters. The molecule has 0 atom stereocenters. The van der Waals surface area contributed by atoms with E-state index in [2.05, 4.69) is 17.5 Å². The van der Waals surface area contributed by atoms with Gasteiger partial charge in [-0.3, -0.25) is 4.79 Å². The molecule has 0 aromatic carbocycles. The molecular formula is C9H18N2OS.